The minimum absolute atomic E-state index is 0.129. The molecule has 1 saturated heterocycles. The van der Waals surface area contributed by atoms with E-state index in [1.165, 1.54) is 14.2 Å². The van der Waals surface area contributed by atoms with Crippen molar-refractivity contribution in [3.63, 3.8) is 0 Å². The summed E-state index contributed by atoms with van der Waals surface area (Å²) in [6.07, 6.45) is -7.45. The SMILES string of the molecule is COc1cc(C(=O)/C(=C/c2c(O)cc(O)cc2O)C2O[C@H](CO)[C@@H](O)[C@H](O)[C@H]2O)cc(OC)c1O. The number of ketones is 1. The van der Waals surface area contributed by atoms with Crippen LogP contribution in [-0.2, 0) is 4.74 Å². The molecule has 0 spiro atoms. The first kappa shape index (κ1) is 26.1. The van der Waals surface area contributed by atoms with Crippen molar-refractivity contribution in [2.75, 3.05) is 20.8 Å². The molecule has 5 atom stereocenters. The molecule has 1 aliphatic rings. The summed E-state index contributed by atoms with van der Waals surface area (Å²) in [6.45, 7) is -0.764. The fraction of sp³-hybridized carbons (Fsp3) is 0.348. The van der Waals surface area contributed by atoms with Crippen LogP contribution in [0.1, 0.15) is 15.9 Å². The summed E-state index contributed by atoms with van der Waals surface area (Å²) >= 11 is 0. The fourth-order valence-electron chi connectivity index (χ4n) is 3.74. The van der Waals surface area contributed by atoms with E-state index in [4.69, 9.17) is 14.2 Å². The van der Waals surface area contributed by atoms with Crippen LogP contribution in [0.2, 0.25) is 0 Å². The van der Waals surface area contributed by atoms with Crippen molar-refractivity contribution < 1.29 is 59.9 Å². The highest BCUT2D eigenvalue weighted by Gasteiger charge is 2.46. The van der Waals surface area contributed by atoms with Crippen LogP contribution in [0.25, 0.3) is 6.08 Å². The molecule has 0 amide bonds. The summed E-state index contributed by atoms with van der Waals surface area (Å²) in [5.74, 6) is -3.24. The smallest absolute Gasteiger partial charge is 0.200 e. The molecule has 1 aliphatic heterocycles. The third-order valence-electron chi connectivity index (χ3n) is 5.62. The molecule has 3 rings (SSSR count). The Morgan fingerprint density at radius 3 is 1.94 bits per heavy atom. The largest absolute Gasteiger partial charge is 0.508 e. The van der Waals surface area contributed by atoms with Gasteiger partial charge >= 0.3 is 0 Å². The van der Waals surface area contributed by atoms with Crippen LogP contribution in [0.4, 0.5) is 0 Å². The normalized spacial score (nSPS) is 24.7. The monoisotopic (exact) mass is 494 g/mol. The number of aliphatic hydroxyl groups excluding tert-OH is 4. The highest BCUT2D eigenvalue weighted by Crippen LogP contribution is 2.40. The van der Waals surface area contributed by atoms with Gasteiger partial charge in [0.05, 0.1) is 26.4 Å². The number of Topliss-reactive ketones (excluding diaryl/α,β-unsaturated/α-hetero) is 1. The standard InChI is InChI=1S/C23H26O12/c1-33-15-3-9(4-16(34-2)19(15)29)18(28)12(7-11-13(26)5-10(25)6-14(11)27)23-22(32)21(31)20(30)17(8-24)35-23/h3-7,17,20-27,29-32H,8H2,1-2H3/b12-7-/t17-,20-,21+,22-,23?/m1/s1. The van der Waals surface area contributed by atoms with Gasteiger partial charge in [-0.2, -0.15) is 0 Å². The topological polar surface area (TPSA) is 207 Å². The molecule has 190 valence electrons. The van der Waals surface area contributed by atoms with Crippen LogP contribution in [0.3, 0.4) is 0 Å². The molecule has 0 saturated carbocycles. The molecule has 0 aliphatic carbocycles. The highest BCUT2D eigenvalue weighted by atomic mass is 16.5. The maximum Gasteiger partial charge on any atom is 0.200 e. The summed E-state index contributed by atoms with van der Waals surface area (Å²) in [7, 11) is 2.48. The van der Waals surface area contributed by atoms with Gasteiger partial charge in [0.25, 0.3) is 0 Å². The molecule has 8 N–H and O–H groups in total. The van der Waals surface area contributed by atoms with E-state index in [0.29, 0.717) is 0 Å². The Balaban J connectivity index is 2.22. The predicted molar refractivity (Wildman–Crippen MR) is 119 cm³/mol. The lowest BCUT2D eigenvalue weighted by Gasteiger charge is -2.40. The van der Waals surface area contributed by atoms with Gasteiger partial charge in [0.1, 0.15) is 47.8 Å². The number of phenols is 4. The van der Waals surface area contributed by atoms with E-state index < -0.39 is 71.5 Å². The van der Waals surface area contributed by atoms with E-state index in [1.807, 2.05) is 0 Å². The Morgan fingerprint density at radius 2 is 1.46 bits per heavy atom. The lowest BCUT2D eigenvalue weighted by atomic mass is 9.86. The first-order valence-electron chi connectivity index (χ1n) is 10.3. The van der Waals surface area contributed by atoms with Crippen molar-refractivity contribution in [3.8, 4) is 34.5 Å². The Bertz CT molecular complexity index is 1080. The summed E-state index contributed by atoms with van der Waals surface area (Å²) in [5.41, 5.74) is -0.897. The molecule has 2 aromatic carbocycles. The molecule has 12 heteroatoms. The third-order valence-corrected chi connectivity index (χ3v) is 5.62. The second-order valence-electron chi connectivity index (χ2n) is 7.81. The predicted octanol–water partition coefficient (Wildman–Crippen LogP) is -0.365. The van der Waals surface area contributed by atoms with E-state index >= 15 is 0 Å². The first-order chi connectivity index (χ1) is 16.5. The number of aromatic hydroxyl groups is 4. The number of hydrogen-bond donors (Lipinski definition) is 8. The molecular formula is C23H26O12. The first-order valence-corrected chi connectivity index (χ1v) is 10.3. The van der Waals surface area contributed by atoms with Crippen molar-refractivity contribution in [3.05, 3.63) is 41.0 Å². The maximum atomic E-state index is 13.6. The number of carbonyl (C=O) groups excluding carboxylic acids is 1. The van der Waals surface area contributed by atoms with E-state index in [9.17, 15) is 45.6 Å². The number of ether oxygens (including phenoxy) is 3. The van der Waals surface area contributed by atoms with Crippen LogP contribution in [0.15, 0.2) is 29.8 Å². The molecule has 2 aromatic rings. The van der Waals surface area contributed by atoms with E-state index in [-0.39, 0.29) is 22.6 Å². The molecule has 0 radical (unpaired) electrons. The molecule has 1 heterocycles. The van der Waals surface area contributed by atoms with Gasteiger partial charge in [-0.1, -0.05) is 0 Å². The van der Waals surface area contributed by atoms with Crippen molar-refractivity contribution >= 4 is 11.9 Å². The molecule has 0 aromatic heterocycles. The van der Waals surface area contributed by atoms with Crippen LogP contribution in [0.5, 0.6) is 34.5 Å². The number of carbonyl (C=O) groups is 1. The van der Waals surface area contributed by atoms with E-state index in [0.717, 1.165) is 30.3 Å². The second-order valence-corrected chi connectivity index (χ2v) is 7.81. The number of aliphatic hydroxyl groups is 4. The zero-order chi connectivity index (χ0) is 26.0. The molecule has 1 fully saturated rings. The van der Waals surface area contributed by atoms with Gasteiger partial charge in [0, 0.05) is 23.3 Å². The molecule has 12 nitrogen and oxygen atoms in total. The molecular weight excluding hydrogens is 468 g/mol. The zero-order valence-corrected chi connectivity index (χ0v) is 18.7. The van der Waals surface area contributed by atoms with Gasteiger partial charge in [-0.15, -0.1) is 0 Å². The summed E-state index contributed by atoms with van der Waals surface area (Å²) < 4.78 is 15.7. The maximum absolute atomic E-state index is 13.6. The number of hydrogen-bond acceptors (Lipinski definition) is 12. The Kier molecular flexibility index (Phi) is 7.73. The van der Waals surface area contributed by atoms with Crippen molar-refractivity contribution in [2.24, 2.45) is 0 Å². The molecule has 0 bridgehead atoms. The van der Waals surface area contributed by atoms with Crippen molar-refractivity contribution in [2.45, 2.75) is 30.5 Å². The van der Waals surface area contributed by atoms with Gasteiger partial charge < -0.3 is 55.1 Å². The lowest BCUT2D eigenvalue weighted by molar-refractivity contribution is -0.218. The average molecular weight is 494 g/mol. The molecule has 35 heavy (non-hydrogen) atoms. The fourth-order valence-corrected chi connectivity index (χ4v) is 3.74. The Morgan fingerprint density at radius 1 is 0.914 bits per heavy atom. The summed E-state index contributed by atoms with van der Waals surface area (Å²) in [6, 6.07) is 4.12. The van der Waals surface area contributed by atoms with Crippen LogP contribution in [0, 0.1) is 0 Å². The number of benzene rings is 2. The average Bonchev–Trinajstić information content (AvgIpc) is 2.82. The van der Waals surface area contributed by atoms with Crippen LogP contribution in [-0.4, -0.2) is 98.0 Å². The molecule has 1 unspecified atom stereocenters. The van der Waals surface area contributed by atoms with Gasteiger partial charge in [0.2, 0.25) is 5.75 Å². The number of rotatable bonds is 7. The number of phenolic OH excluding ortho intramolecular Hbond substituents is 4. The quantitative estimate of drug-likeness (QED) is 0.183. The second kappa shape index (κ2) is 10.4. The zero-order valence-electron chi connectivity index (χ0n) is 18.7. The Labute approximate surface area is 199 Å². The third kappa shape index (κ3) is 4.97. The van der Waals surface area contributed by atoms with Gasteiger partial charge in [0.15, 0.2) is 17.3 Å². The number of methoxy groups -OCH3 is 2. The van der Waals surface area contributed by atoms with Gasteiger partial charge in [-0.25, -0.2) is 0 Å². The summed E-state index contributed by atoms with van der Waals surface area (Å²) in [4.78, 5) is 13.6. The van der Waals surface area contributed by atoms with Crippen LogP contribution >= 0.6 is 0 Å². The minimum Gasteiger partial charge on any atom is -0.508 e. The van der Waals surface area contributed by atoms with Crippen molar-refractivity contribution in [1.29, 1.82) is 0 Å². The van der Waals surface area contributed by atoms with E-state index in [1.54, 1.807) is 0 Å². The van der Waals surface area contributed by atoms with Crippen LogP contribution < -0.4 is 9.47 Å². The summed E-state index contributed by atoms with van der Waals surface area (Å²) in [5, 5.41) is 80.8. The highest BCUT2D eigenvalue weighted by molar-refractivity contribution is 6.13. The van der Waals surface area contributed by atoms with Gasteiger partial charge in [-0.05, 0) is 18.2 Å². The van der Waals surface area contributed by atoms with Gasteiger partial charge in [-0.3, -0.25) is 4.79 Å². The Hall–Kier alpha value is -3.55. The van der Waals surface area contributed by atoms with E-state index in [2.05, 4.69) is 0 Å². The minimum atomic E-state index is -1.87. The lowest BCUT2D eigenvalue weighted by Crippen LogP contribution is -2.59. The van der Waals surface area contributed by atoms with Crippen molar-refractivity contribution in [1.82, 2.24) is 0 Å².